The number of rotatable bonds is 8. The fraction of sp³-hybridized carbons (Fsp3) is 0.917. The number of hydrogen-bond acceptors (Lipinski definition) is 2. The minimum Gasteiger partial charge on any atom is -0.481 e. The maximum Gasteiger partial charge on any atom is 0.306 e. The molecule has 0 amide bonds. The molecular weight excluding hydrogens is 190 g/mol. The Morgan fingerprint density at radius 2 is 2.13 bits per heavy atom. The molecule has 0 aliphatic heterocycles. The number of nitrogens with zero attached hydrogens (tertiary/aromatic N) is 1. The Morgan fingerprint density at radius 3 is 2.60 bits per heavy atom. The minimum atomic E-state index is -0.631. The molecule has 0 saturated heterocycles. The lowest BCUT2D eigenvalue weighted by Gasteiger charge is -2.15. The first kappa shape index (κ1) is 12.5. The topological polar surface area (TPSA) is 40.5 Å². The van der Waals surface area contributed by atoms with E-state index in [2.05, 4.69) is 11.9 Å². The zero-order valence-corrected chi connectivity index (χ0v) is 9.91. The SMILES string of the molecule is CCC(CCCCN(C)C1CC1)C(=O)O. The van der Waals surface area contributed by atoms with Gasteiger partial charge in [-0.3, -0.25) is 4.79 Å². The van der Waals surface area contributed by atoms with Crippen LogP contribution in [-0.2, 0) is 4.79 Å². The molecule has 1 saturated carbocycles. The van der Waals surface area contributed by atoms with Crippen LogP contribution in [0.5, 0.6) is 0 Å². The molecule has 0 aromatic rings. The number of carboxylic acids is 1. The standard InChI is InChI=1S/C12H23NO2/c1-3-10(12(14)15)6-4-5-9-13(2)11-7-8-11/h10-11H,3-9H2,1-2H3,(H,14,15). The van der Waals surface area contributed by atoms with Gasteiger partial charge < -0.3 is 10.0 Å². The summed E-state index contributed by atoms with van der Waals surface area (Å²) in [5.41, 5.74) is 0. The van der Waals surface area contributed by atoms with E-state index in [0.29, 0.717) is 0 Å². The molecule has 0 aromatic carbocycles. The average Bonchev–Trinajstić information content (AvgIpc) is 3.00. The Hall–Kier alpha value is -0.570. The van der Waals surface area contributed by atoms with Gasteiger partial charge in [-0.05, 0) is 45.7 Å². The number of hydrogen-bond donors (Lipinski definition) is 1. The van der Waals surface area contributed by atoms with Crippen LogP contribution in [-0.4, -0.2) is 35.6 Å². The van der Waals surface area contributed by atoms with Crippen molar-refractivity contribution in [1.82, 2.24) is 4.90 Å². The van der Waals surface area contributed by atoms with E-state index in [1.807, 2.05) is 6.92 Å². The van der Waals surface area contributed by atoms with Crippen molar-refractivity contribution in [3.8, 4) is 0 Å². The highest BCUT2D eigenvalue weighted by molar-refractivity contribution is 5.69. The lowest BCUT2D eigenvalue weighted by Crippen LogP contribution is -2.22. The third kappa shape index (κ3) is 4.65. The van der Waals surface area contributed by atoms with Crippen LogP contribution in [0.15, 0.2) is 0 Å². The van der Waals surface area contributed by atoms with Gasteiger partial charge in [0.25, 0.3) is 0 Å². The summed E-state index contributed by atoms with van der Waals surface area (Å²) in [6.07, 6.45) is 6.48. The second kappa shape index (κ2) is 6.11. The summed E-state index contributed by atoms with van der Waals surface area (Å²) in [5.74, 6) is -0.760. The molecule has 15 heavy (non-hydrogen) atoms. The second-order valence-corrected chi connectivity index (χ2v) is 4.65. The van der Waals surface area contributed by atoms with Gasteiger partial charge in [0.05, 0.1) is 5.92 Å². The summed E-state index contributed by atoms with van der Waals surface area (Å²) in [6.45, 7) is 3.08. The molecule has 0 radical (unpaired) electrons. The van der Waals surface area contributed by atoms with Crippen molar-refractivity contribution in [1.29, 1.82) is 0 Å². The van der Waals surface area contributed by atoms with Crippen molar-refractivity contribution in [3.63, 3.8) is 0 Å². The molecule has 0 bridgehead atoms. The molecule has 0 aromatic heterocycles. The number of aliphatic carboxylic acids is 1. The monoisotopic (exact) mass is 213 g/mol. The van der Waals surface area contributed by atoms with Crippen LogP contribution in [0.4, 0.5) is 0 Å². The van der Waals surface area contributed by atoms with E-state index in [1.54, 1.807) is 0 Å². The van der Waals surface area contributed by atoms with Gasteiger partial charge in [-0.15, -0.1) is 0 Å². The smallest absolute Gasteiger partial charge is 0.306 e. The molecular formula is C12H23NO2. The molecule has 1 unspecified atom stereocenters. The van der Waals surface area contributed by atoms with E-state index < -0.39 is 5.97 Å². The predicted molar refractivity (Wildman–Crippen MR) is 60.9 cm³/mol. The Labute approximate surface area is 92.5 Å². The van der Waals surface area contributed by atoms with Crippen LogP contribution in [0.3, 0.4) is 0 Å². The summed E-state index contributed by atoms with van der Waals surface area (Å²) in [6, 6.07) is 0.825. The fourth-order valence-corrected chi connectivity index (χ4v) is 1.95. The van der Waals surface area contributed by atoms with Gasteiger partial charge in [0.15, 0.2) is 0 Å². The molecule has 3 heteroatoms. The van der Waals surface area contributed by atoms with Crippen molar-refractivity contribution < 1.29 is 9.90 Å². The van der Waals surface area contributed by atoms with Gasteiger partial charge in [-0.2, -0.15) is 0 Å². The molecule has 1 aliphatic carbocycles. The maximum atomic E-state index is 10.8. The zero-order valence-electron chi connectivity index (χ0n) is 9.91. The largest absolute Gasteiger partial charge is 0.481 e. The van der Waals surface area contributed by atoms with Crippen LogP contribution >= 0.6 is 0 Å². The quantitative estimate of drug-likeness (QED) is 0.629. The van der Waals surface area contributed by atoms with Crippen LogP contribution in [0.2, 0.25) is 0 Å². The van der Waals surface area contributed by atoms with E-state index in [1.165, 1.54) is 12.8 Å². The predicted octanol–water partition coefficient (Wildman–Crippen LogP) is 2.36. The van der Waals surface area contributed by atoms with Gasteiger partial charge >= 0.3 is 5.97 Å². The van der Waals surface area contributed by atoms with Gasteiger partial charge in [-0.1, -0.05) is 13.3 Å². The lowest BCUT2D eigenvalue weighted by molar-refractivity contribution is -0.142. The first-order chi connectivity index (χ1) is 7.15. The summed E-state index contributed by atoms with van der Waals surface area (Å²) >= 11 is 0. The van der Waals surface area contributed by atoms with E-state index in [0.717, 1.165) is 38.3 Å². The first-order valence-corrected chi connectivity index (χ1v) is 6.08. The second-order valence-electron chi connectivity index (χ2n) is 4.65. The van der Waals surface area contributed by atoms with Crippen LogP contribution < -0.4 is 0 Å². The van der Waals surface area contributed by atoms with Gasteiger partial charge in [0.2, 0.25) is 0 Å². The lowest BCUT2D eigenvalue weighted by atomic mass is 9.99. The Kier molecular flexibility index (Phi) is 5.09. The summed E-state index contributed by atoms with van der Waals surface area (Å²) in [4.78, 5) is 13.2. The van der Waals surface area contributed by atoms with Crippen LogP contribution in [0.25, 0.3) is 0 Å². The van der Waals surface area contributed by atoms with Crippen molar-refractivity contribution in [3.05, 3.63) is 0 Å². The third-order valence-corrected chi connectivity index (χ3v) is 3.33. The van der Waals surface area contributed by atoms with E-state index in [4.69, 9.17) is 5.11 Å². The molecule has 0 spiro atoms. The third-order valence-electron chi connectivity index (χ3n) is 3.33. The highest BCUT2D eigenvalue weighted by Gasteiger charge is 2.25. The van der Waals surface area contributed by atoms with Crippen molar-refractivity contribution in [2.45, 2.75) is 51.5 Å². The highest BCUT2D eigenvalue weighted by atomic mass is 16.4. The summed E-state index contributed by atoms with van der Waals surface area (Å²) in [5, 5.41) is 8.87. The normalized spacial score (nSPS) is 18.1. The average molecular weight is 213 g/mol. The Morgan fingerprint density at radius 1 is 1.47 bits per heavy atom. The first-order valence-electron chi connectivity index (χ1n) is 6.08. The van der Waals surface area contributed by atoms with Gasteiger partial charge in [0.1, 0.15) is 0 Å². The van der Waals surface area contributed by atoms with Crippen molar-refractivity contribution >= 4 is 5.97 Å². The maximum absolute atomic E-state index is 10.8. The van der Waals surface area contributed by atoms with Crippen molar-refractivity contribution in [2.75, 3.05) is 13.6 Å². The Balaban J connectivity index is 2.01. The molecule has 3 nitrogen and oxygen atoms in total. The molecule has 88 valence electrons. The fourth-order valence-electron chi connectivity index (χ4n) is 1.95. The number of carboxylic acid groups (broad SMARTS) is 1. The molecule has 1 atom stereocenters. The van der Waals surface area contributed by atoms with Crippen LogP contribution in [0, 0.1) is 5.92 Å². The number of unbranched alkanes of at least 4 members (excludes halogenated alkanes) is 1. The van der Waals surface area contributed by atoms with E-state index in [9.17, 15) is 4.79 Å². The Bertz CT molecular complexity index is 202. The zero-order chi connectivity index (χ0) is 11.3. The number of carbonyl (C=O) groups is 1. The summed E-state index contributed by atoms with van der Waals surface area (Å²) < 4.78 is 0. The molecule has 0 heterocycles. The molecule has 1 fully saturated rings. The van der Waals surface area contributed by atoms with Gasteiger partial charge in [-0.25, -0.2) is 0 Å². The molecule has 1 rings (SSSR count). The van der Waals surface area contributed by atoms with Crippen molar-refractivity contribution in [2.24, 2.45) is 5.92 Å². The van der Waals surface area contributed by atoms with Gasteiger partial charge in [0, 0.05) is 6.04 Å². The minimum absolute atomic E-state index is 0.128. The molecule has 1 aliphatic rings. The highest BCUT2D eigenvalue weighted by Crippen LogP contribution is 2.25. The van der Waals surface area contributed by atoms with Crippen LogP contribution in [0.1, 0.15) is 45.4 Å². The van der Waals surface area contributed by atoms with E-state index in [-0.39, 0.29) is 5.92 Å². The summed E-state index contributed by atoms with van der Waals surface area (Å²) in [7, 11) is 2.17. The van der Waals surface area contributed by atoms with E-state index >= 15 is 0 Å². The molecule has 1 N–H and O–H groups in total.